The molecule has 3 heteroatoms. The smallest absolute Gasteiger partial charge is 0.193 e. The second-order valence-corrected chi connectivity index (χ2v) is 5.32. The van der Waals surface area contributed by atoms with Gasteiger partial charge in [-0.15, -0.1) is 0 Å². The van der Waals surface area contributed by atoms with Crippen LogP contribution >= 0.6 is 11.6 Å². The highest BCUT2D eigenvalue weighted by molar-refractivity contribution is 6.28. The van der Waals surface area contributed by atoms with Crippen molar-refractivity contribution >= 4 is 11.6 Å². The summed E-state index contributed by atoms with van der Waals surface area (Å²) in [6.45, 7) is 7.32. The van der Waals surface area contributed by atoms with Gasteiger partial charge >= 0.3 is 0 Å². The van der Waals surface area contributed by atoms with E-state index in [1.54, 1.807) is 6.07 Å². The molecule has 2 nitrogen and oxygen atoms in total. The molecule has 0 amide bonds. The number of hydrogen-bond donors (Lipinski definition) is 1. The molecule has 1 unspecified atom stereocenters. The van der Waals surface area contributed by atoms with E-state index in [2.05, 4.69) is 44.3 Å². The molecule has 1 atom stereocenters. The SMILES string of the molecule is CCCNC(c1cc(C)cc(C)c1)c1ccc(Cl)o1. The lowest BCUT2D eigenvalue weighted by atomic mass is 9.99. The van der Waals surface area contributed by atoms with Crippen LogP contribution < -0.4 is 5.32 Å². The molecule has 0 saturated heterocycles. The highest BCUT2D eigenvalue weighted by Crippen LogP contribution is 2.27. The van der Waals surface area contributed by atoms with Gasteiger partial charge in [0.2, 0.25) is 0 Å². The highest BCUT2D eigenvalue weighted by Gasteiger charge is 2.17. The first-order chi connectivity index (χ1) is 9.10. The van der Waals surface area contributed by atoms with Gasteiger partial charge in [0.1, 0.15) is 5.76 Å². The lowest BCUT2D eigenvalue weighted by Crippen LogP contribution is -2.23. The predicted molar refractivity (Wildman–Crippen MR) is 79.8 cm³/mol. The van der Waals surface area contributed by atoms with Crippen LogP contribution in [-0.2, 0) is 0 Å². The van der Waals surface area contributed by atoms with Crippen LogP contribution in [0.25, 0.3) is 0 Å². The van der Waals surface area contributed by atoms with Crippen molar-refractivity contribution in [3.05, 3.63) is 58.0 Å². The van der Waals surface area contributed by atoms with Crippen molar-refractivity contribution in [3.63, 3.8) is 0 Å². The van der Waals surface area contributed by atoms with Gasteiger partial charge in [0, 0.05) is 0 Å². The van der Waals surface area contributed by atoms with E-state index < -0.39 is 0 Å². The Labute approximate surface area is 119 Å². The third kappa shape index (κ3) is 3.62. The van der Waals surface area contributed by atoms with E-state index in [0.717, 1.165) is 18.7 Å². The molecule has 19 heavy (non-hydrogen) atoms. The summed E-state index contributed by atoms with van der Waals surface area (Å²) in [5, 5.41) is 3.95. The first kappa shape index (κ1) is 14.2. The molecule has 0 aliphatic carbocycles. The summed E-state index contributed by atoms with van der Waals surface area (Å²) in [5.41, 5.74) is 3.74. The summed E-state index contributed by atoms with van der Waals surface area (Å²) in [4.78, 5) is 0. The number of aryl methyl sites for hydroxylation is 2. The lowest BCUT2D eigenvalue weighted by Gasteiger charge is -2.18. The van der Waals surface area contributed by atoms with Crippen LogP contribution in [0.15, 0.2) is 34.7 Å². The van der Waals surface area contributed by atoms with E-state index in [4.69, 9.17) is 16.0 Å². The normalized spacial score (nSPS) is 12.6. The number of hydrogen-bond acceptors (Lipinski definition) is 2. The van der Waals surface area contributed by atoms with Crippen LogP contribution in [0.5, 0.6) is 0 Å². The number of halogens is 1. The Balaban J connectivity index is 2.36. The van der Waals surface area contributed by atoms with Crippen LogP contribution in [0.4, 0.5) is 0 Å². The van der Waals surface area contributed by atoms with Gasteiger partial charge in [-0.25, -0.2) is 0 Å². The zero-order chi connectivity index (χ0) is 13.8. The van der Waals surface area contributed by atoms with Crippen molar-refractivity contribution in [3.8, 4) is 0 Å². The molecule has 1 aromatic heterocycles. The van der Waals surface area contributed by atoms with Crippen molar-refractivity contribution in [1.82, 2.24) is 5.32 Å². The molecule has 1 aromatic carbocycles. The number of rotatable bonds is 5. The summed E-state index contributed by atoms with van der Waals surface area (Å²) in [5.74, 6) is 0.864. The van der Waals surface area contributed by atoms with Crippen LogP contribution in [0.3, 0.4) is 0 Å². The van der Waals surface area contributed by atoms with Gasteiger partial charge in [-0.1, -0.05) is 36.2 Å². The molecule has 2 aromatic rings. The summed E-state index contributed by atoms with van der Waals surface area (Å²) in [6, 6.07) is 10.3. The molecular formula is C16H20ClNO. The van der Waals surface area contributed by atoms with E-state index in [0.29, 0.717) is 5.22 Å². The van der Waals surface area contributed by atoms with Gasteiger partial charge in [0.15, 0.2) is 5.22 Å². The lowest BCUT2D eigenvalue weighted by molar-refractivity contribution is 0.448. The molecule has 2 rings (SSSR count). The maximum atomic E-state index is 5.89. The van der Waals surface area contributed by atoms with Gasteiger partial charge in [0.25, 0.3) is 0 Å². The standard InChI is InChI=1S/C16H20ClNO/c1-4-7-18-16(14-5-6-15(17)19-14)13-9-11(2)8-12(3)10-13/h5-6,8-10,16,18H,4,7H2,1-3H3. The summed E-state index contributed by atoms with van der Waals surface area (Å²) < 4.78 is 5.58. The molecule has 0 bridgehead atoms. The molecule has 0 fully saturated rings. The minimum absolute atomic E-state index is 0.0612. The molecule has 1 heterocycles. The summed E-state index contributed by atoms with van der Waals surface area (Å²) >= 11 is 5.89. The molecule has 0 saturated carbocycles. The molecule has 0 spiro atoms. The number of benzene rings is 1. The minimum atomic E-state index is 0.0612. The first-order valence-corrected chi connectivity index (χ1v) is 7.04. The van der Waals surface area contributed by atoms with Gasteiger partial charge in [-0.2, -0.15) is 0 Å². The molecule has 102 valence electrons. The van der Waals surface area contributed by atoms with Crippen molar-refractivity contribution in [2.75, 3.05) is 6.54 Å². The molecule has 1 N–H and O–H groups in total. The topological polar surface area (TPSA) is 25.2 Å². The second kappa shape index (κ2) is 6.27. The van der Waals surface area contributed by atoms with Gasteiger partial charge < -0.3 is 9.73 Å². The Morgan fingerprint density at radius 2 is 1.84 bits per heavy atom. The van der Waals surface area contributed by atoms with Crippen LogP contribution in [0.1, 0.15) is 41.8 Å². The van der Waals surface area contributed by atoms with E-state index >= 15 is 0 Å². The van der Waals surface area contributed by atoms with Crippen LogP contribution in [0.2, 0.25) is 5.22 Å². The maximum absolute atomic E-state index is 5.89. The summed E-state index contributed by atoms with van der Waals surface area (Å²) in [7, 11) is 0. The fourth-order valence-corrected chi connectivity index (χ4v) is 2.48. The van der Waals surface area contributed by atoms with Crippen molar-refractivity contribution in [2.45, 2.75) is 33.2 Å². The number of nitrogens with one attached hydrogen (secondary N) is 1. The molecule has 0 aliphatic rings. The Morgan fingerprint density at radius 1 is 1.16 bits per heavy atom. The van der Waals surface area contributed by atoms with E-state index in [-0.39, 0.29) is 6.04 Å². The Morgan fingerprint density at radius 3 is 2.37 bits per heavy atom. The van der Waals surface area contributed by atoms with Crippen LogP contribution in [-0.4, -0.2) is 6.54 Å². The minimum Gasteiger partial charge on any atom is -0.448 e. The predicted octanol–water partition coefficient (Wildman–Crippen LogP) is 4.64. The van der Waals surface area contributed by atoms with Crippen molar-refractivity contribution in [1.29, 1.82) is 0 Å². The Hall–Kier alpha value is -1.25. The Bertz CT molecular complexity index is 527. The van der Waals surface area contributed by atoms with Crippen molar-refractivity contribution in [2.24, 2.45) is 0 Å². The number of furan rings is 1. The first-order valence-electron chi connectivity index (χ1n) is 6.67. The van der Waals surface area contributed by atoms with E-state index in [9.17, 15) is 0 Å². The second-order valence-electron chi connectivity index (χ2n) is 4.95. The van der Waals surface area contributed by atoms with Gasteiger partial charge in [-0.05, 0) is 56.1 Å². The Kier molecular flexibility index (Phi) is 4.67. The largest absolute Gasteiger partial charge is 0.448 e. The zero-order valence-corrected chi connectivity index (χ0v) is 12.4. The molecular weight excluding hydrogens is 258 g/mol. The highest BCUT2D eigenvalue weighted by atomic mass is 35.5. The van der Waals surface area contributed by atoms with Crippen LogP contribution in [0, 0.1) is 13.8 Å². The quantitative estimate of drug-likeness (QED) is 0.861. The summed E-state index contributed by atoms with van der Waals surface area (Å²) in [6.07, 6.45) is 1.08. The van der Waals surface area contributed by atoms with Gasteiger partial charge in [0.05, 0.1) is 6.04 Å². The van der Waals surface area contributed by atoms with E-state index in [1.165, 1.54) is 16.7 Å². The average molecular weight is 278 g/mol. The fraction of sp³-hybridized carbons (Fsp3) is 0.375. The fourth-order valence-electron chi connectivity index (χ4n) is 2.33. The third-order valence-electron chi connectivity index (χ3n) is 3.05. The zero-order valence-electron chi connectivity index (χ0n) is 11.7. The maximum Gasteiger partial charge on any atom is 0.193 e. The molecule has 0 aliphatic heterocycles. The van der Waals surface area contributed by atoms with Gasteiger partial charge in [-0.3, -0.25) is 0 Å². The molecule has 0 radical (unpaired) electrons. The average Bonchev–Trinajstić information content (AvgIpc) is 2.75. The monoisotopic (exact) mass is 277 g/mol. The van der Waals surface area contributed by atoms with E-state index in [1.807, 2.05) is 6.07 Å². The van der Waals surface area contributed by atoms with Crippen molar-refractivity contribution < 1.29 is 4.42 Å². The third-order valence-corrected chi connectivity index (χ3v) is 3.26.